The van der Waals surface area contributed by atoms with Gasteiger partial charge in [-0.2, -0.15) is 0 Å². The van der Waals surface area contributed by atoms with Crippen molar-refractivity contribution in [1.29, 1.82) is 0 Å². The lowest BCUT2D eigenvalue weighted by atomic mass is 10.1. The van der Waals surface area contributed by atoms with Crippen molar-refractivity contribution in [2.45, 2.75) is 13.8 Å². The maximum atomic E-state index is 12.4. The molecule has 1 aromatic carbocycles. The molecule has 24 heavy (non-hydrogen) atoms. The van der Waals surface area contributed by atoms with E-state index in [4.69, 9.17) is 0 Å². The minimum Gasteiger partial charge on any atom is -0.376 e. The van der Waals surface area contributed by atoms with Crippen LogP contribution in [0.5, 0.6) is 0 Å². The Morgan fingerprint density at radius 2 is 1.71 bits per heavy atom. The van der Waals surface area contributed by atoms with Gasteiger partial charge in [0.2, 0.25) is 5.91 Å². The largest absolute Gasteiger partial charge is 0.376 e. The number of nitrogens with one attached hydrogen (secondary N) is 1. The first-order valence-electron chi connectivity index (χ1n) is 8.20. The van der Waals surface area contributed by atoms with E-state index in [0.29, 0.717) is 31.7 Å². The van der Waals surface area contributed by atoms with Gasteiger partial charge in [-0.15, -0.1) is 13.2 Å². The second-order valence-corrected chi connectivity index (χ2v) is 5.29. The second-order valence-electron chi connectivity index (χ2n) is 5.29. The van der Waals surface area contributed by atoms with Crippen LogP contribution in [0.4, 0.5) is 5.69 Å². The fraction of sp³-hybridized carbons (Fsp3) is 0.368. The lowest BCUT2D eigenvalue weighted by molar-refractivity contribution is -0.128. The molecule has 0 aromatic heterocycles. The molecule has 130 valence electrons. The predicted octanol–water partition coefficient (Wildman–Crippen LogP) is 2.78. The van der Waals surface area contributed by atoms with Gasteiger partial charge in [-0.3, -0.25) is 9.59 Å². The normalized spacial score (nSPS) is 9.92. The first-order valence-corrected chi connectivity index (χ1v) is 8.20. The van der Waals surface area contributed by atoms with Crippen LogP contribution >= 0.6 is 0 Å². The topological polar surface area (TPSA) is 52.7 Å². The molecule has 0 saturated heterocycles. The lowest BCUT2D eigenvalue weighted by Gasteiger charge is -2.20. The Labute approximate surface area is 144 Å². The van der Waals surface area contributed by atoms with Crippen LogP contribution < -0.4 is 5.32 Å². The molecule has 1 aromatic rings. The van der Waals surface area contributed by atoms with Crippen LogP contribution in [0.25, 0.3) is 0 Å². The standard InChI is InChI=1S/C19H27N3O2/c1-5-12-22(13-6-2)18(23)15-20-17-11-9-10-16(14-17)19(24)21(7-3)8-4/h5-6,9-11,14,20H,1-2,7-8,12-13,15H2,3-4H3. The molecule has 0 aliphatic heterocycles. The van der Waals surface area contributed by atoms with Crippen molar-refractivity contribution in [3.05, 3.63) is 55.1 Å². The first-order chi connectivity index (χ1) is 11.6. The average Bonchev–Trinajstić information content (AvgIpc) is 2.60. The Morgan fingerprint density at radius 3 is 2.25 bits per heavy atom. The van der Waals surface area contributed by atoms with Crippen LogP contribution in [-0.2, 0) is 4.79 Å². The van der Waals surface area contributed by atoms with Gasteiger partial charge in [-0.1, -0.05) is 18.2 Å². The second kappa shape index (κ2) is 10.3. The number of amides is 2. The molecule has 1 N–H and O–H groups in total. The van der Waals surface area contributed by atoms with E-state index in [9.17, 15) is 9.59 Å². The average molecular weight is 329 g/mol. The number of nitrogens with zero attached hydrogens (tertiary/aromatic N) is 2. The molecule has 0 radical (unpaired) electrons. The van der Waals surface area contributed by atoms with Gasteiger partial charge in [-0.25, -0.2) is 0 Å². The summed E-state index contributed by atoms with van der Waals surface area (Å²) >= 11 is 0. The highest BCUT2D eigenvalue weighted by atomic mass is 16.2. The molecule has 1 rings (SSSR count). The Hall–Kier alpha value is -2.56. The molecule has 0 spiro atoms. The van der Waals surface area contributed by atoms with E-state index >= 15 is 0 Å². The Bertz CT molecular complexity index is 570. The number of hydrogen-bond acceptors (Lipinski definition) is 3. The van der Waals surface area contributed by atoms with Crippen molar-refractivity contribution in [3.8, 4) is 0 Å². The highest BCUT2D eigenvalue weighted by Gasteiger charge is 2.13. The molecule has 5 heteroatoms. The van der Waals surface area contributed by atoms with E-state index in [2.05, 4.69) is 18.5 Å². The Balaban J connectivity index is 2.73. The third-order valence-corrected chi connectivity index (χ3v) is 3.66. The monoisotopic (exact) mass is 329 g/mol. The molecule has 5 nitrogen and oxygen atoms in total. The van der Waals surface area contributed by atoms with Gasteiger partial charge in [-0.05, 0) is 32.0 Å². The number of anilines is 1. The van der Waals surface area contributed by atoms with Crippen LogP contribution in [0.15, 0.2) is 49.6 Å². The number of carbonyl (C=O) groups is 2. The van der Waals surface area contributed by atoms with Crippen molar-refractivity contribution in [3.63, 3.8) is 0 Å². The third kappa shape index (κ3) is 5.57. The zero-order chi connectivity index (χ0) is 17.9. The van der Waals surface area contributed by atoms with Gasteiger partial charge in [0.25, 0.3) is 5.91 Å². The molecule has 0 atom stereocenters. The van der Waals surface area contributed by atoms with Crippen molar-refractivity contribution >= 4 is 17.5 Å². The maximum Gasteiger partial charge on any atom is 0.253 e. The number of benzene rings is 1. The smallest absolute Gasteiger partial charge is 0.253 e. The van der Waals surface area contributed by atoms with Gasteiger partial charge in [0.15, 0.2) is 0 Å². The fourth-order valence-corrected chi connectivity index (χ4v) is 2.33. The molecule has 2 amide bonds. The van der Waals surface area contributed by atoms with Crippen LogP contribution in [0.2, 0.25) is 0 Å². The van der Waals surface area contributed by atoms with Crippen molar-refractivity contribution in [2.24, 2.45) is 0 Å². The Kier molecular flexibility index (Phi) is 8.33. The maximum absolute atomic E-state index is 12.4. The summed E-state index contributed by atoms with van der Waals surface area (Å²) < 4.78 is 0. The van der Waals surface area contributed by atoms with E-state index in [1.807, 2.05) is 26.0 Å². The summed E-state index contributed by atoms with van der Waals surface area (Å²) in [5.41, 5.74) is 1.36. The van der Waals surface area contributed by atoms with E-state index in [0.717, 1.165) is 5.69 Å². The molecule has 0 heterocycles. The van der Waals surface area contributed by atoms with Gasteiger partial charge in [0.1, 0.15) is 0 Å². The fourth-order valence-electron chi connectivity index (χ4n) is 2.33. The molecule has 0 unspecified atom stereocenters. The zero-order valence-electron chi connectivity index (χ0n) is 14.6. The van der Waals surface area contributed by atoms with Crippen molar-refractivity contribution in [2.75, 3.05) is 38.0 Å². The predicted molar refractivity (Wildman–Crippen MR) is 99.2 cm³/mol. The first kappa shape index (κ1) is 19.5. The SMILES string of the molecule is C=CCN(CC=C)C(=O)CNc1cccc(C(=O)N(CC)CC)c1. The summed E-state index contributed by atoms with van der Waals surface area (Å²) in [5.74, 6) is -0.0507. The minimum absolute atomic E-state index is 0.00471. The van der Waals surface area contributed by atoms with E-state index < -0.39 is 0 Å². The van der Waals surface area contributed by atoms with E-state index in [-0.39, 0.29) is 18.4 Å². The van der Waals surface area contributed by atoms with Gasteiger partial charge in [0, 0.05) is 37.4 Å². The molecular formula is C19H27N3O2. The number of carbonyl (C=O) groups excluding carboxylic acids is 2. The van der Waals surface area contributed by atoms with E-state index in [1.54, 1.807) is 34.1 Å². The van der Waals surface area contributed by atoms with Gasteiger partial charge in [0.05, 0.1) is 6.54 Å². The van der Waals surface area contributed by atoms with Gasteiger partial charge < -0.3 is 15.1 Å². The molecular weight excluding hydrogens is 302 g/mol. The molecule has 0 aliphatic rings. The number of hydrogen-bond donors (Lipinski definition) is 1. The molecule has 0 aliphatic carbocycles. The lowest BCUT2D eigenvalue weighted by Crippen LogP contribution is -2.35. The summed E-state index contributed by atoms with van der Waals surface area (Å²) in [5, 5.41) is 3.08. The quantitative estimate of drug-likeness (QED) is 0.672. The Morgan fingerprint density at radius 1 is 1.08 bits per heavy atom. The van der Waals surface area contributed by atoms with Gasteiger partial charge >= 0.3 is 0 Å². The highest BCUT2D eigenvalue weighted by molar-refractivity contribution is 5.95. The van der Waals surface area contributed by atoms with Crippen LogP contribution in [0.3, 0.4) is 0 Å². The molecule has 0 bridgehead atoms. The van der Waals surface area contributed by atoms with Crippen LogP contribution in [0, 0.1) is 0 Å². The van der Waals surface area contributed by atoms with E-state index in [1.165, 1.54) is 0 Å². The summed E-state index contributed by atoms with van der Waals surface area (Å²) in [6.07, 6.45) is 3.37. The highest BCUT2D eigenvalue weighted by Crippen LogP contribution is 2.13. The molecule has 0 saturated carbocycles. The summed E-state index contributed by atoms with van der Waals surface area (Å²) in [6.45, 7) is 13.7. The van der Waals surface area contributed by atoms with Crippen molar-refractivity contribution < 1.29 is 9.59 Å². The summed E-state index contributed by atoms with van der Waals surface area (Å²) in [7, 11) is 0. The summed E-state index contributed by atoms with van der Waals surface area (Å²) in [4.78, 5) is 28.0. The minimum atomic E-state index is -0.0460. The van der Waals surface area contributed by atoms with Crippen molar-refractivity contribution in [1.82, 2.24) is 9.80 Å². The molecule has 0 fully saturated rings. The summed E-state index contributed by atoms with van der Waals surface area (Å²) in [6, 6.07) is 7.22. The van der Waals surface area contributed by atoms with Crippen LogP contribution in [0.1, 0.15) is 24.2 Å². The zero-order valence-corrected chi connectivity index (χ0v) is 14.6. The van der Waals surface area contributed by atoms with Crippen LogP contribution in [-0.4, -0.2) is 54.3 Å². The third-order valence-electron chi connectivity index (χ3n) is 3.66. The number of rotatable bonds is 10.